The molecule has 0 saturated carbocycles. The molecule has 8 heavy (non-hydrogen) atoms. The molecule has 8 heteroatoms. The van der Waals surface area contributed by atoms with Crippen molar-refractivity contribution in [3.05, 3.63) is 0 Å². The molecule has 1 unspecified atom stereocenters. The molecule has 0 aliphatic heterocycles. The number of hydrogen-bond donors (Lipinski definition) is 3. The van der Waals surface area contributed by atoms with Gasteiger partial charge in [-0.25, -0.2) is 0 Å². The molecule has 0 spiro atoms. The quantitative estimate of drug-likeness (QED) is 0.367. The summed E-state index contributed by atoms with van der Waals surface area (Å²) in [4.78, 5) is 0. The molecule has 0 aliphatic rings. The van der Waals surface area contributed by atoms with Gasteiger partial charge in [-0.05, 0) is 0 Å². The van der Waals surface area contributed by atoms with Crippen molar-refractivity contribution >= 4 is 43.6 Å². The molecule has 0 fully saturated rings. The molecule has 0 amide bonds. The van der Waals surface area contributed by atoms with E-state index in [0.29, 0.717) is 0 Å². The van der Waals surface area contributed by atoms with E-state index in [1.165, 1.54) is 0 Å². The maximum atomic E-state index is 9.71. The van der Waals surface area contributed by atoms with Gasteiger partial charge in [0.15, 0.2) is 0 Å². The van der Waals surface area contributed by atoms with E-state index in [0.717, 1.165) is 20.2 Å². The molecular formula is H3MoO3S4. The van der Waals surface area contributed by atoms with Crippen LogP contribution in [0.4, 0.5) is 0 Å². The first kappa shape index (κ1) is 12.4. The standard InChI is InChI=1S/Mo.H2O3S2.H2S2/c;1-5(2,3)4;1-2/h;(H2,1,2,3,4);1-2H/q+1;;/p-1. The summed E-state index contributed by atoms with van der Waals surface area (Å²) in [5.41, 5.74) is 0. The second kappa shape index (κ2) is 6.79. The molecule has 0 rings (SSSR count). The number of thiol groups is 2. The van der Waals surface area contributed by atoms with Crippen LogP contribution in [0, 0.1) is 0 Å². The van der Waals surface area contributed by atoms with Crippen molar-refractivity contribution in [1.82, 2.24) is 0 Å². The van der Waals surface area contributed by atoms with Crippen LogP contribution in [-0.2, 0) is 43.3 Å². The minimum absolute atomic E-state index is 1.02. The third-order valence-electron chi connectivity index (χ3n) is 0.0860. The van der Waals surface area contributed by atoms with Crippen molar-refractivity contribution in [1.29, 1.82) is 0 Å². The topological polar surface area (TPSA) is 46.5 Å². The van der Waals surface area contributed by atoms with Crippen molar-refractivity contribution in [2.24, 2.45) is 0 Å². The van der Waals surface area contributed by atoms with E-state index in [1.54, 1.807) is 0 Å². The van der Waals surface area contributed by atoms with Gasteiger partial charge < -0.3 is 0 Å². The van der Waals surface area contributed by atoms with Crippen LogP contribution < -0.4 is 0 Å². The molecule has 0 aromatic rings. The summed E-state index contributed by atoms with van der Waals surface area (Å²) in [5.74, 6) is 0. The molecule has 0 bridgehead atoms. The van der Waals surface area contributed by atoms with Gasteiger partial charge in [0, 0.05) is 0 Å². The monoisotopic (exact) mass is 277 g/mol. The van der Waals surface area contributed by atoms with Crippen molar-refractivity contribution in [3.63, 3.8) is 0 Å². The largest absolute Gasteiger partial charge is 0.115 e. The smallest absolute Gasteiger partial charge is 0.115 e. The Bertz CT molecular complexity index is 113. The maximum Gasteiger partial charge on any atom is -0.115 e. The summed E-state index contributed by atoms with van der Waals surface area (Å²) in [6.45, 7) is 0. The van der Waals surface area contributed by atoms with Crippen LogP contribution in [0.5, 0.6) is 0 Å². The summed E-state index contributed by atoms with van der Waals surface area (Å²) in [5, 5.41) is 0. The van der Waals surface area contributed by atoms with E-state index in [2.05, 4.69) is 37.3 Å². The van der Waals surface area contributed by atoms with Crippen molar-refractivity contribution in [3.8, 4) is 0 Å². The fraction of sp³-hybridized carbons (Fsp3) is 0. The molecule has 51 valence electrons. The Morgan fingerprint density at radius 2 is 1.88 bits per heavy atom. The average Bonchev–Trinajstić information content (AvgIpc) is 1.71. The minimum atomic E-state index is -3.32. The molecule has 0 saturated heterocycles. The van der Waals surface area contributed by atoms with Crippen LogP contribution in [-0.4, -0.2) is 8.76 Å². The average molecular weight is 275 g/mol. The van der Waals surface area contributed by atoms with Crippen LogP contribution in [0.15, 0.2) is 0 Å². The second-order valence-electron chi connectivity index (χ2n) is 0.496. The van der Waals surface area contributed by atoms with E-state index < -0.39 is 9.05 Å². The third kappa shape index (κ3) is 15.6. The summed E-state index contributed by atoms with van der Waals surface area (Å²) < 4.78 is 21.5. The van der Waals surface area contributed by atoms with Crippen LogP contribution >= 0.6 is 23.3 Å². The van der Waals surface area contributed by atoms with Crippen LogP contribution in [0.3, 0.4) is 0 Å². The summed E-state index contributed by atoms with van der Waals surface area (Å²) in [7, 11) is -3.32. The zero-order chi connectivity index (χ0) is 7.21. The molecular weight excluding hydrogens is 272 g/mol. The van der Waals surface area contributed by atoms with E-state index in [1.807, 2.05) is 0 Å². The zero-order valence-corrected chi connectivity index (χ0v) is 8.81. The fourth-order valence-electron chi connectivity index (χ4n) is 0. The molecule has 1 N–H and O–H groups in total. The molecule has 0 aromatic carbocycles. The van der Waals surface area contributed by atoms with Crippen LogP contribution in [0.2, 0.25) is 0 Å². The van der Waals surface area contributed by atoms with E-state index in [9.17, 15) is 4.21 Å². The van der Waals surface area contributed by atoms with Crippen molar-refractivity contribution in [2.45, 2.75) is 0 Å². The SMILES string of the molecule is O=S(O)(=S)[O][Mo].SS. The predicted molar refractivity (Wildman–Crippen MR) is 37.2 cm³/mol. The van der Waals surface area contributed by atoms with E-state index in [4.69, 9.17) is 4.55 Å². The molecule has 0 heterocycles. The van der Waals surface area contributed by atoms with Gasteiger partial charge in [-0.2, -0.15) is 0 Å². The maximum absolute atomic E-state index is 9.71. The zero-order valence-electron chi connectivity index (χ0n) is 3.38. The molecule has 3 nitrogen and oxygen atoms in total. The normalized spacial score (nSPS) is 15.4. The Hall–Kier alpha value is 1.68. The van der Waals surface area contributed by atoms with E-state index in [-0.39, 0.29) is 0 Å². The van der Waals surface area contributed by atoms with Crippen molar-refractivity contribution in [2.75, 3.05) is 0 Å². The van der Waals surface area contributed by atoms with Gasteiger partial charge >= 0.3 is 52.0 Å². The summed E-state index contributed by atoms with van der Waals surface area (Å²) in [6.07, 6.45) is 0. The Labute approximate surface area is 74.8 Å². The minimum Gasteiger partial charge on any atom is -0.115 e. The summed E-state index contributed by atoms with van der Waals surface area (Å²) >= 11 is 11.3. The Morgan fingerprint density at radius 1 is 1.75 bits per heavy atom. The molecule has 0 aromatic heterocycles. The fourth-order valence-corrected chi connectivity index (χ4v) is 0. The van der Waals surface area contributed by atoms with Gasteiger partial charge in [-0.1, -0.05) is 0 Å². The second-order valence-corrected chi connectivity index (χ2v) is 3.75. The Kier molecular flexibility index (Phi) is 10.5. The Balaban J connectivity index is 0. The molecule has 1 atom stereocenters. The van der Waals surface area contributed by atoms with Gasteiger partial charge in [0.25, 0.3) is 0 Å². The number of hydrogen-bond acceptors (Lipinski definition) is 5. The predicted octanol–water partition coefficient (Wildman–Crippen LogP) is 0.360. The first-order valence-electron chi connectivity index (χ1n) is 1.05. The van der Waals surface area contributed by atoms with Crippen LogP contribution in [0.1, 0.15) is 0 Å². The van der Waals surface area contributed by atoms with Gasteiger partial charge in [0.1, 0.15) is 0 Å². The van der Waals surface area contributed by atoms with Gasteiger partial charge in [-0.3, -0.25) is 0 Å². The number of rotatable bonds is 1. The first-order valence-corrected chi connectivity index (χ1v) is 5.83. The van der Waals surface area contributed by atoms with Gasteiger partial charge in [-0.15, -0.1) is 23.3 Å². The van der Waals surface area contributed by atoms with Gasteiger partial charge in [0.05, 0.1) is 0 Å². The molecule has 0 radical (unpaired) electrons. The first-order chi connectivity index (χ1) is 3.56. The summed E-state index contributed by atoms with van der Waals surface area (Å²) in [6, 6.07) is 0. The van der Waals surface area contributed by atoms with Gasteiger partial charge in [0.2, 0.25) is 0 Å². The van der Waals surface area contributed by atoms with Crippen molar-refractivity contribution < 1.29 is 31.8 Å². The Morgan fingerprint density at radius 3 is 1.88 bits per heavy atom. The third-order valence-corrected chi connectivity index (χ3v) is 2.51. The molecule has 0 aliphatic carbocycles. The van der Waals surface area contributed by atoms with E-state index >= 15 is 0 Å². The van der Waals surface area contributed by atoms with Crippen LogP contribution in [0.25, 0.3) is 0 Å².